The molecule has 0 aliphatic heterocycles. The van der Waals surface area contributed by atoms with Gasteiger partial charge in [0.15, 0.2) is 0 Å². The van der Waals surface area contributed by atoms with Gasteiger partial charge in [0.05, 0.1) is 0 Å². The molecule has 5 heteroatoms. The van der Waals surface area contributed by atoms with Crippen molar-refractivity contribution in [3.63, 3.8) is 0 Å². The zero-order valence-electron chi connectivity index (χ0n) is 11.3. The van der Waals surface area contributed by atoms with Gasteiger partial charge in [0.2, 0.25) is 0 Å². The van der Waals surface area contributed by atoms with Crippen molar-refractivity contribution in [1.82, 2.24) is 5.32 Å². The maximum Gasteiger partial charge on any atom is 0.407 e. The molecule has 1 atom stereocenters. The van der Waals surface area contributed by atoms with Gasteiger partial charge < -0.3 is 15.2 Å². The van der Waals surface area contributed by atoms with E-state index in [0.717, 1.165) is 32.1 Å². The molecule has 0 unspecified atom stereocenters. The molecule has 0 heterocycles. The van der Waals surface area contributed by atoms with E-state index in [1.165, 1.54) is 0 Å². The van der Waals surface area contributed by atoms with E-state index in [0.29, 0.717) is 19.4 Å². The molecule has 1 amide bonds. The van der Waals surface area contributed by atoms with Gasteiger partial charge in [0.25, 0.3) is 0 Å². The first kappa shape index (κ1) is 15.5. The van der Waals surface area contributed by atoms with E-state index in [2.05, 4.69) is 17.5 Å². The van der Waals surface area contributed by atoms with Crippen molar-refractivity contribution in [2.45, 2.75) is 57.5 Å². The van der Waals surface area contributed by atoms with Gasteiger partial charge >= 0.3 is 12.1 Å². The lowest BCUT2D eigenvalue weighted by atomic mass is 10.0. The highest BCUT2D eigenvalue weighted by Gasteiger charge is 2.14. The Bertz CT molecular complexity index is 315. The van der Waals surface area contributed by atoms with Crippen molar-refractivity contribution in [2.75, 3.05) is 6.54 Å². The fourth-order valence-electron chi connectivity index (χ4n) is 2.03. The molecule has 0 saturated heterocycles. The van der Waals surface area contributed by atoms with Crippen LogP contribution in [0, 0.1) is 0 Å². The zero-order valence-corrected chi connectivity index (χ0v) is 11.3. The highest BCUT2D eigenvalue weighted by atomic mass is 16.6. The maximum absolute atomic E-state index is 11.5. The quantitative estimate of drug-likeness (QED) is 0.574. The number of unbranched alkanes of at least 4 members (excludes halogenated alkanes) is 1. The van der Waals surface area contributed by atoms with Crippen LogP contribution in [0.25, 0.3) is 0 Å². The number of carbonyl (C=O) groups is 2. The Morgan fingerprint density at radius 1 is 1.21 bits per heavy atom. The lowest BCUT2D eigenvalue weighted by molar-refractivity contribution is -0.137. The summed E-state index contributed by atoms with van der Waals surface area (Å²) in [6, 6.07) is 0. The normalized spacial score (nSPS) is 19.3. The van der Waals surface area contributed by atoms with Crippen LogP contribution in [-0.2, 0) is 9.53 Å². The number of amides is 1. The Morgan fingerprint density at radius 2 is 2.00 bits per heavy atom. The van der Waals surface area contributed by atoms with Gasteiger partial charge in [-0.05, 0) is 44.9 Å². The summed E-state index contributed by atoms with van der Waals surface area (Å²) < 4.78 is 5.35. The summed E-state index contributed by atoms with van der Waals surface area (Å²) in [4.78, 5) is 21.8. The molecule has 0 spiro atoms. The third-order valence-electron chi connectivity index (χ3n) is 3.08. The second-order valence-corrected chi connectivity index (χ2v) is 4.78. The molecular weight excluding hydrogens is 246 g/mol. The fourth-order valence-corrected chi connectivity index (χ4v) is 2.03. The number of alkyl carbamates (subject to hydrolysis) is 1. The van der Waals surface area contributed by atoms with Crippen molar-refractivity contribution in [2.24, 2.45) is 0 Å². The van der Waals surface area contributed by atoms with Crippen molar-refractivity contribution in [1.29, 1.82) is 0 Å². The number of ether oxygens (including phenoxy) is 1. The van der Waals surface area contributed by atoms with E-state index in [4.69, 9.17) is 9.84 Å². The molecular formula is C14H23NO4. The van der Waals surface area contributed by atoms with E-state index in [-0.39, 0.29) is 18.6 Å². The van der Waals surface area contributed by atoms with Crippen LogP contribution >= 0.6 is 0 Å². The van der Waals surface area contributed by atoms with Gasteiger partial charge in [-0.3, -0.25) is 4.79 Å². The summed E-state index contributed by atoms with van der Waals surface area (Å²) in [5, 5.41) is 11.1. The molecule has 1 aliphatic rings. The average Bonchev–Trinajstić information content (AvgIpc) is 2.31. The fraction of sp³-hybridized carbons (Fsp3) is 0.714. The van der Waals surface area contributed by atoms with Crippen LogP contribution < -0.4 is 5.32 Å². The van der Waals surface area contributed by atoms with Crippen molar-refractivity contribution >= 4 is 12.1 Å². The predicted molar refractivity (Wildman–Crippen MR) is 72.0 cm³/mol. The SMILES string of the molecule is O=C(O)CCCCNC(=O)O[C@H]1CCC=CCCC1. The molecule has 1 rings (SSSR count). The van der Waals surface area contributed by atoms with Crippen LogP contribution in [0.1, 0.15) is 51.4 Å². The first-order chi connectivity index (χ1) is 9.18. The Balaban J connectivity index is 2.09. The lowest BCUT2D eigenvalue weighted by Crippen LogP contribution is -2.30. The number of hydrogen-bond acceptors (Lipinski definition) is 3. The molecule has 0 aromatic carbocycles. The van der Waals surface area contributed by atoms with Crippen LogP contribution in [0.3, 0.4) is 0 Å². The van der Waals surface area contributed by atoms with E-state index < -0.39 is 5.97 Å². The Morgan fingerprint density at radius 3 is 2.79 bits per heavy atom. The summed E-state index contributed by atoms with van der Waals surface area (Å²) in [7, 11) is 0. The molecule has 0 fully saturated rings. The Labute approximate surface area is 114 Å². The molecule has 0 radical (unpaired) electrons. The molecule has 0 bridgehead atoms. The third-order valence-corrected chi connectivity index (χ3v) is 3.08. The minimum atomic E-state index is -0.801. The summed E-state index contributed by atoms with van der Waals surface area (Å²) in [5.74, 6) is -0.801. The number of rotatable bonds is 6. The first-order valence-corrected chi connectivity index (χ1v) is 7.00. The first-order valence-electron chi connectivity index (χ1n) is 7.00. The summed E-state index contributed by atoms with van der Waals surface area (Å²) in [6.45, 7) is 0.471. The maximum atomic E-state index is 11.5. The Kier molecular flexibility index (Phi) is 7.70. The summed E-state index contributed by atoms with van der Waals surface area (Å²) >= 11 is 0. The standard InChI is InChI=1S/C14H23NO4/c16-13(17)10-6-7-11-15-14(18)19-12-8-4-2-1-3-5-9-12/h1-2,12H,3-11H2,(H,15,18)(H,16,17)/t12-/m0/s1. The number of nitrogens with one attached hydrogen (secondary N) is 1. The molecule has 2 N–H and O–H groups in total. The highest BCUT2D eigenvalue weighted by molar-refractivity contribution is 5.67. The van der Waals surface area contributed by atoms with E-state index >= 15 is 0 Å². The van der Waals surface area contributed by atoms with Gasteiger partial charge in [-0.1, -0.05) is 12.2 Å². The highest BCUT2D eigenvalue weighted by Crippen LogP contribution is 2.15. The van der Waals surface area contributed by atoms with Crippen molar-refractivity contribution < 1.29 is 19.4 Å². The molecule has 0 aromatic heterocycles. The molecule has 19 heavy (non-hydrogen) atoms. The second-order valence-electron chi connectivity index (χ2n) is 4.78. The van der Waals surface area contributed by atoms with Gasteiger partial charge in [0.1, 0.15) is 6.10 Å². The van der Waals surface area contributed by atoms with Crippen LogP contribution in [-0.4, -0.2) is 29.8 Å². The number of carboxylic acid groups (broad SMARTS) is 1. The predicted octanol–water partition coefficient (Wildman–Crippen LogP) is 2.86. The van der Waals surface area contributed by atoms with E-state index in [9.17, 15) is 9.59 Å². The average molecular weight is 269 g/mol. The minimum absolute atomic E-state index is 0.00368. The largest absolute Gasteiger partial charge is 0.481 e. The minimum Gasteiger partial charge on any atom is -0.481 e. The van der Waals surface area contributed by atoms with Crippen LogP contribution in [0.4, 0.5) is 4.79 Å². The lowest BCUT2D eigenvalue weighted by Gasteiger charge is -2.18. The van der Waals surface area contributed by atoms with E-state index in [1.807, 2.05) is 0 Å². The number of carboxylic acids is 1. The topological polar surface area (TPSA) is 75.6 Å². The molecule has 0 saturated carbocycles. The molecule has 0 aromatic rings. The van der Waals surface area contributed by atoms with Crippen LogP contribution in [0.5, 0.6) is 0 Å². The molecule has 5 nitrogen and oxygen atoms in total. The van der Waals surface area contributed by atoms with Crippen molar-refractivity contribution in [3.05, 3.63) is 12.2 Å². The Hall–Kier alpha value is -1.52. The third kappa shape index (κ3) is 8.24. The number of aliphatic carboxylic acids is 1. The van der Waals surface area contributed by atoms with E-state index in [1.54, 1.807) is 0 Å². The van der Waals surface area contributed by atoms with Gasteiger partial charge in [-0.25, -0.2) is 4.79 Å². The summed E-state index contributed by atoms with van der Waals surface area (Å²) in [5.41, 5.74) is 0. The molecule has 1 aliphatic carbocycles. The van der Waals surface area contributed by atoms with Gasteiger partial charge in [-0.15, -0.1) is 0 Å². The number of hydrogen-bond donors (Lipinski definition) is 2. The smallest absolute Gasteiger partial charge is 0.407 e. The second kappa shape index (κ2) is 9.42. The number of allylic oxidation sites excluding steroid dienone is 2. The molecule has 108 valence electrons. The number of carbonyl (C=O) groups excluding carboxylic acids is 1. The summed E-state index contributed by atoms with van der Waals surface area (Å²) in [6.07, 6.45) is 10.2. The van der Waals surface area contributed by atoms with Crippen LogP contribution in [0.2, 0.25) is 0 Å². The zero-order chi connectivity index (χ0) is 13.9. The van der Waals surface area contributed by atoms with Crippen molar-refractivity contribution in [3.8, 4) is 0 Å². The van der Waals surface area contributed by atoms with Gasteiger partial charge in [0, 0.05) is 13.0 Å². The monoisotopic (exact) mass is 269 g/mol. The van der Waals surface area contributed by atoms with Crippen LogP contribution in [0.15, 0.2) is 12.2 Å². The van der Waals surface area contributed by atoms with Gasteiger partial charge in [-0.2, -0.15) is 0 Å².